The molecule has 0 atom stereocenters. The fourth-order valence-electron chi connectivity index (χ4n) is 2.97. The average Bonchev–Trinajstić information content (AvgIpc) is 3.15. The number of hydrogen-bond acceptors (Lipinski definition) is 4. The molecule has 1 amide bonds. The largest absolute Gasteiger partial charge is 0.497 e. The van der Waals surface area contributed by atoms with Crippen molar-refractivity contribution in [2.45, 2.75) is 12.8 Å². The van der Waals surface area contributed by atoms with Crippen LogP contribution in [0.4, 0.5) is 0 Å². The summed E-state index contributed by atoms with van der Waals surface area (Å²) in [7, 11) is 3.55. The van der Waals surface area contributed by atoms with Crippen molar-refractivity contribution in [3.8, 4) is 22.7 Å². The van der Waals surface area contributed by atoms with Crippen LogP contribution in [0.1, 0.15) is 12.0 Å². The van der Waals surface area contributed by atoms with Crippen LogP contribution in [-0.4, -0.2) is 42.9 Å². The van der Waals surface area contributed by atoms with Gasteiger partial charge in [0, 0.05) is 23.9 Å². The smallest absolute Gasteiger partial charge is 0.224 e. The van der Waals surface area contributed by atoms with Crippen LogP contribution < -0.4 is 15.4 Å². The van der Waals surface area contributed by atoms with E-state index in [0.29, 0.717) is 6.54 Å². The number of rotatable bonds is 9. The van der Waals surface area contributed by atoms with Crippen molar-refractivity contribution in [2.24, 2.45) is 0 Å². The monoisotopic (exact) mass is 414 g/mol. The van der Waals surface area contributed by atoms with E-state index < -0.39 is 0 Å². The third-order valence-corrected chi connectivity index (χ3v) is 4.45. The van der Waals surface area contributed by atoms with Crippen LogP contribution in [-0.2, 0) is 11.2 Å². The molecular weight excluding hydrogens is 388 g/mol. The number of halogens is 1. The van der Waals surface area contributed by atoms with Gasteiger partial charge in [0.05, 0.1) is 24.9 Å². The lowest BCUT2D eigenvalue weighted by Crippen LogP contribution is -2.28. The van der Waals surface area contributed by atoms with E-state index in [2.05, 4.69) is 10.6 Å². The number of carbonyl (C=O) groups excluding carboxylic acids is 1. The summed E-state index contributed by atoms with van der Waals surface area (Å²) in [5.41, 5.74) is 3.60. The number of aromatic nitrogens is 2. The SMILES string of the molecule is CNCCCNC(=O)Cc1cn(-c2ccccc2)nc1-c1ccc(OC)cc1.Cl. The molecule has 2 aromatic carbocycles. The van der Waals surface area contributed by atoms with E-state index in [4.69, 9.17) is 9.84 Å². The quantitative estimate of drug-likeness (QED) is 0.527. The van der Waals surface area contributed by atoms with E-state index in [1.807, 2.05) is 72.5 Å². The van der Waals surface area contributed by atoms with Crippen molar-refractivity contribution in [1.29, 1.82) is 0 Å². The van der Waals surface area contributed by atoms with Gasteiger partial charge >= 0.3 is 0 Å². The van der Waals surface area contributed by atoms with Crippen LogP contribution in [0.3, 0.4) is 0 Å². The maximum absolute atomic E-state index is 12.4. The topological polar surface area (TPSA) is 68.2 Å². The van der Waals surface area contributed by atoms with E-state index in [0.717, 1.165) is 41.2 Å². The molecule has 0 fully saturated rings. The Labute approximate surface area is 177 Å². The van der Waals surface area contributed by atoms with Crippen molar-refractivity contribution >= 4 is 18.3 Å². The zero-order chi connectivity index (χ0) is 19.8. The van der Waals surface area contributed by atoms with Gasteiger partial charge in [-0.1, -0.05) is 18.2 Å². The van der Waals surface area contributed by atoms with Gasteiger partial charge in [-0.05, 0) is 56.4 Å². The van der Waals surface area contributed by atoms with Gasteiger partial charge in [0.15, 0.2) is 0 Å². The normalized spacial score (nSPS) is 10.3. The Kier molecular flexibility index (Phi) is 8.70. The van der Waals surface area contributed by atoms with Gasteiger partial charge in [0.2, 0.25) is 5.91 Å². The molecule has 7 heteroatoms. The zero-order valence-electron chi connectivity index (χ0n) is 16.7. The molecule has 0 aliphatic rings. The second kappa shape index (κ2) is 11.2. The highest BCUT2D eigenvalue weighted by Gasteiger charge is 2.15. The molecule has 0 unspecified atom stereocenters. The Hall–Kier alpha value is -2.83. The Bertz CT molecular complexity index is 895. The molecule has 0 saturated carbocycles. The predicted octanol–water partition coefficient (Wildman–Crippen LogP) is 3.24. The molecule has 3 aromatic rings. The number of nitrogens with one attached hydrogen (secondary N) is 2. The van der Waals surface area contributed by atoms with Crippen LogP contribution in [0.5, 0.6) is 5.75 Å². The van der Waals surface area contributed by atoms with Gasteiger partial charge in [-0.2, -0.15) is 5.10 Å². The number of benzene rings is 2. The minimum Gasteiger partial charge on any atom is -0.497 e. The van der Waals surface area contributed by atoms with Crippen molar-refractivity contribution in [2.75, 3.05) is 27.2 Å². The maximum Gasteiger partial charge on any atom is 0.224 e. The summed E-state index contributed by atoms with van der Waals surface area (Å²) in [6, 6.07) is 17.6. The van der Waals surface area contributed by atoms with E-state index in [9.17, 15) is 4.79 Å². The van der Waals surface area contributed by atoms with Crippen molar-refractivity contribution < 1.29 is 9.53 Å². The first-order chi connectivity index (χ1) is 13.7. The molecule has 0 aliphatic carbocycles. The standard InChI is InChI=1S/C22H26N4O2.ClH/c1-23-13-6-14-24-21(27)15-18-16-26(19-7-4-3-5-8-19)25-22(18)17-9-11-20(28-2)12-10-17;/h3-5,7-12,16,23H,6,13-15H2,1-2H3,(H,24,27);1H. The van der Waals surface area contributed by atoms with Crippen molar-refractivity contribution in [3.63, 3.8) is 0 Å². The molecular formula is C22H27ClN4O2. The third-order valence-electron chi connectivity index (χ3n) is 4.45. The highest BCUT2D eigenvalue weighted by Crippen LogP contribution is 2.26. The number of amides is 1. The summed E-state index contributed by atoms with van der Waals surface area (Å²) in [6.07, 6.45) is 3.12. The highest BCUT2D eigenvalue weighted by atomic mass is 35.5. The molecule has 1 heterocycles. The molecule has 0 saturated heterocycles. The Morgan fingerprint density at radius 3 is 2.45 bits per heavy atom. The summed E-state index contributed by atoms with van der Waals surface area (Å²) >= 11 is 0. The molecule has 6 nitrogen and oxygen atoms in total. The summed E-state index contributed by atoms with van der Waals surface area (Å²) < 4.78 is 7.07. The number of hydrogen-bond donors (Lipinski definition) is 2. The van der Waals surface area contributed by atoms with E-state index in [1.165, 1.54) is 0 Å². The van der Waals surface area contributed by atoms with Crippen molar-refractivity contribution in [1.82, 2.24) is 20.4 Å². The van der Waals surface area contributed by atoms with Gasteiger partial charge in [-0.25, -0.2) is 4.68 Å². The van der Waals surface area contributed by atoms with Gasteiger partial charge in [0.25, 0.3) is 0 Å². The first-order valence-electron chi connectivity index (χ1n) is 9.41. The second-order valence-electron chi connectivity index (χ2n) is 6.50. The number of carbonyl (C=O) groups is 1. The molecule has 0 spiro atoms. The minimum absolute atomic E-state index is 0. The molecule has 29 heavy (non-hydrogen) atoms. The number of nitrogens with zero attached hydrogens (tertiary/aromatic N) is 2. The first-order valence-corrected chi connectivity index (χ1v) is 9.41. The Balaban J connectivity index is 0.00000300. The maximum atomic E-state index is 12.4. The fourth-order valence-corrected chi connectivity index (χ4v) is 2.97. The summed E-state index contributed by atoms with van der Waals surface area (Å²) in [4.78, 5) is 12.4. The van der Waals surface area contributed by atoms with Crippen LogP contribution in [0, 0.1) is 0 Å². The molecule has 3 rings (SSSR count). The Morgan fingerprint density at radius 1 is 1.07 bits per heavy atom. The van der Waals surface area contributed by atoms with E-state index >= 15 is 0 Å². The molecule has 0 radical (unpaired) electrons. The van der Waals surface area contributed by atoms with Crippen LogP contribution in [0.25, 0.3) is 16.9 Å². The van der Waals surface area contributed by atoms with Gasteiger partial charge in [-0.15, -0.1) is 12.4 Å². The summed E-state index contributed by atoms with van der Waals surface area (Å²) in [6.45, 7) is 1.54. The fraction of sp³-hybridized carbons (Fsp3) is 0.273. The van der Waals surface area contributed by atoms with Crippen molar-refractivity contribution in [3.05, 3.63) is 66.4 Å². The first kappa shape index (κ1) is 22.5. The van der Waals surface area contributed by atoms with Gasteiger partial charge in [-0.3, -0.25) is 4.79 Å². The molecule has 2 N–H and O–H groups in total. The van der Waals surface area contributed by atoms with Crippen LogP contribution >= 0.6 is 12.4 Å². The number of para-hydroxylation sites is 1. The van der Waals surface area contributed by atoms with Crippen LogP contribution in [0.15, 0.2) is 60.8 Å². The molecule has 0 aliphatic heterocycles. The number of methoxy groups -OCH3 is 1. The lowest BCUT2D eigenvalue weighted by molar-refractivity contribution is -0.120. The minimum atomic E-state index is -0.00141. The molecule has 0 bridgehead atoms. The number of ether oxygens (including phenoxy) is 1. The lowest BCUT2D eigenvalue weighted by Gasteiger charge is -2.06. The predicted molar refractivity (Wildman–Crippen MR) is 118 cm³/mol. The third kappa shape index (κ3) is 6.07. The molecule has 154 valence electrons. The summed E-state index contributed by atoms with van der Waals surface area (Å²) in [5, 5.41) is 10.8. The van der Waals surface area contributed by atoms with E-state index in [-0.39, 0.29) is 24.7 Å². The van der Waals surface area contributed by atoms with Gasteiger partial charge in [0.1, 0.15) is 5.75 Å². The summed E-state index contributed by atoms with van der Waals surface area (Å²) in [5.74, 6) is 0.786. The van der Waals surface area contributed by atoms with Crippen LogP contribution in [0.2, 0.25) is 0 Å². The Morgan fingerprint density at radius 2 is 1.79 bits per heavy atom. The van der Waals surface area contributed by atoms with E-state index in [1.54, 1.807) is 7.11 Å². The highest BCUT2D eigenvalue weighted by molar-refractivity contribution is 5.85. The second-order valence-corrected chi connectivity index (χ2v) is 6.50. The zero-order valence-corrected chi connectivity index (χ0v) is 17.5. The van der Waals surface area contributed by atoms with Gasteiger partial charge < -0.3 is 15.4 Å². The average molecular weight is 415 g/mol. The lowest BCUT2D eigenvalue weighted by atomic mass is 10.1. The molecule has 1 aromatic heterocycles.